The van der Waals surface area contributed by atoms with Gasteiger partial charge in [0.2, 0.25) is 0 Å². The van der Waals surface area contributed by atoms with Crippen LogP contribution >= 0.6 is 0 Å². The molecule has 0 radical (unpaired) electrons. The average Bonchev–Trinajstić information content (AvgIpc) is 3.36. The van der Waals surface area contributed by atoms with E-state index in [2.05, 4.69) is 20.5 Å². The summed E-state index contributed by atoms with van der Waals surface area (Å²) in [7, 11) is 3.19. The third-order valence-electron chi connectivity index (χ3n) is 5.09. The highest BCUT2D eigenvalue weighted by atomic mass is 16.5. The zero-order chi connectivity index (χ0) is 23.2. The summed E-state index contributed by atoms with van der Waals surface area (Å²) in [5.41, 5.74) is 2.98. The van der Waals surface area contributed by atoms with E-state index >= 15 is 0 Å². The Bertz CT molecular complexity index is 1310. The molecule has 4 rings (SSSR count). The number of nitrogens with one attached hydrogen (secondary N) is 2. The monoisotopic (exact) mass is 445 g/mol. The van der Waals surface area contributed by atoms with Gasteiger partial charge >= 0.3 is 0 Å². The Labute approximate surface area is 190 Å². The molecule has 0 atom stereocenters. The fourth-order valence-electron chi connectivity index (χ4n) is 3.27. The first kappa shape index (κ1) is 21.8. The zero-order valence-corrected chi connectivity index (χ0v) is 18.2. The van der Waals surface area contributed by atoms with Gasteiger partial charge in [-0.15, -0.1) is 0 Å². The van der Waals surface area contributed by atoms with E-state index in [9.17, 15) is 9.59 Å². The molecule has 2 heterocycles. The highest BCUT2D eigenvalue weighted by molar-refractivity contribution is 5.93. The van der Waals surface area contributed by atoms with Crippen molar-refractivity contribution in [1.82, 2.24) is 25.1 Å². The number of hydrogen-bond donors (Lipinski definition) is 2. The maximum atomic E-state index is 12.5. The number of H-pyrrole nitrogens is 1. The van der Waals surface area contributed by atoms with Crippen LogP contribution in [0.2, 0.25) is 0 Å². The summed E-state index contributed by atoms with van der Waals surface area (Å²) in [6.45, 7) is 0.549. The molecule has 0 aliphatic carbocycles. The molecule has 0 aliphatic heterocycles. The summed E-state index contributed by atoms with van der Waals surface area (Å²) in [6, 6.07) is 17.9. The van der Waals surface area contributed by atoms with E-state index in [1.807, 2.05) is 48.5 Å². The van der Waals surface area contributed by atoms with Crippen LogP contribution in [0.5, 0.6) is 11.5 Å². The molecule has 0 unspecified atom stereocenters. The van der Waals surface area contributed by atoms with Crippen LogP contribution in [0.15, 0.2) is 71.8 Å². The molecular formula is C24H23N5O4. The fourth-order valence-corrected chi connectivity index (χ4v) is 3.27. The predicted molar refractivity (Wildman–Crippen MR) is 123 cm³/mol. The number of nitrogens with zero attached hydrogens (tertiary/aromatic N) is 3. The maximum absolute atomic E-state index is 12.5. The third kappa shape index (κ3) is 5.09. The molecule has 168 valence electrons. The summed E-state index contributed by atoms with van der Waals surface area (Å²) >= 11 is 0. The summed E-state index contributed by atoms with van der Waals surface area (Å²) in [5.74, 6) is 1.13. The second-order valence-electron chi connectivity index (χ2n) is 7.19. The van der Waals surface area contributed by atoms with Crippen molar-refractivity contribution in [2.75, 3.05) is 20.8 Å². The normalized spacial score (nSPS) is 10.6. The summed E-state index contributed by atoms with van der Waals surface area (Å²) in [6.07, 6.45) is 1.48. The Morgan fingerprint density at radius 2 is 1.76 bits per heavy atom. The second kappa shape index (κ2) is 9.82. The van der Waals surface area contributed by atoms with Crippen molar-refractivity contribution < 1.29 is 14.3 Å². The van der Waals surface area contributed by atoms with Gasteiger partial charge in [-0.2, -0.15) is 5.10 Å². The molecule has 9 nitrogen and oxygen atoms in total. The van der Waals surface area contributed by atoms with Gasteiger partial charge in [0.05, 0.1) is 31.9 Å². The smallest absolute Gasteiger partial charge is 0.269 e. The van der Waals surface area contributed by atoms with E-state index in [1.165, 1.54) is 17.0 Å². The summed E-state index contributed by atoms with van der Waals surface area (Å²) in [4.78, 5) is 29.3. The van der Waals surface area contributed by atoms with Crippen molar-refractivity contribution in [3.63, 3.8) is 0 Å². The molecule has 1 amide bonds. The molecule has 2 aromatic heterocycles. The van der Waals surface area contributed by atoms with E-state index in [4.69, 9.17) is 9.47 Å². The number of aromatic amines is 1. The number of benzene rings is 2. The number of amides is 1. The van der Waals surface area contributed by atoms with Crippen LogP contribution in [-0.4, -0.2) is 46.4 Å². The molecule has 0 saturated carbocycles. The van der Waals surface area contributed by atoms with E-state index in [0.29, 0.717) is 22.8 Å². The molecule has 2 aromatic carbocycles. The lowest BCUT2D eigenvalue weighted by molar-refractivity contribution is 0.0947. The van der Waals surface area contributed by atoms with Crippen molar-refractivity contribution in [2.24, 2.45) is 0 Å². The minimum Gasteiger partial charge on any atom is -0.497 e. The van der Waals surface area contributed by atoms with Crippen molar-refractivity contribution >= 4 is 5.91 Å². The van der Waals surface area contributed by atoms with Crippen LogP contribution in [0.1, 0.15) is 10.5 Å². The Balaban J connectivity index is 1.36. The lowest BCUT2D eigenvalue weighted by Gasteiger charge is -2.08. The first-order valence-electron chi connectivity index (χ1n) is 10.3. The standard InChI is InChI=1S/C24H23N5O4/c1-32-18-8-6-16(7-9-18)20-14-23(30)29(15-26-20)11-10-25-24(31)22-13-21(27-28-22)17-4-3-5-19(12-17)33-2/h3-9,12-15H,10-11H2,1-2H3,(H,25,31)(H,27,28). The van der Waals surface area contributed by atoms with Crippen molar-refractivity contribution in [1.29, 1.82) is 0 Å². The van der Waals surface area contributed by atoms with Gasteiger partial charge in [0, 0.05) is 30.3 Å². The number of aromatic nitrogens is 4. The van der Waals surface area contributed by atoms with E-state index in [1.54, 1.807) is 20.3 Å². The van der Waals surface area contributed by atoms with E-state index < -0.39 is 0 Å². The molecule has 33 heavy (non-hydrogen) atoms. The van der Waals surface area contributed by atoms with Crippen LogP contribution in [-0.2, 0) is 6.54 Å². The molecule has 0 bridgehead atoms. The third-order valence-corrected chi connectivity index (χ3v) is 5.09. The first-order chi connectivity index (χ1) is 16.1. The number of methoxy groups -OCH3 is 2. The van der Waals surface area contributed by atoms with Crippen LogP contribution in [0.3, 0.4) is 0 Å². The van der Waals surface area contributed by atoms with Crippen LogP contribution in [0.4, 0.5) is 0 Å². The number of ether oxygens (including phenoxy) is 2. The van der Waals surface area contributed by atoms with Crippen LogP contribution in [0, 0.1) is 0 Å². The molecule has 0 fully saturated rings. The van der Waals surface area contributed by atoms with Crippen molar-refractivity contribution in [3.8, 4) is 34.0 Å². The zero-order valence-electron chi connectivity index (χ0n) is 18.2. The van der Waals surface area contributed by atoms with Gasteiger partial charge < -0.3 is 14.8 Å². The van der Waals surface area contributed by atoms with E-state index in [0.717, 1.165) is 16.9 Å². The number of rotatable bonds is 8. The highest BCUT2D eigenvalue weighted by Crippen LogP contribution is 2.22. The maximum Gasteiger partial charge on any atom is 0.269 e. The molecule has 0 spiro atoms. The molecule has 9 heteroatoms. The van der Waals surface area contributed by atoms with Gasteiger partial charge in [-0.05, 0) is 42.5 Å². The topological polar surface area (TPSA) is 111 Å². The lowest BCUT2D eigenvalue weighted by atomic mass is 10.1. The van der Waals surface area contributed by atoms with Gasteiger partial charge in [-0.25, -0.2) is 4.98 Å². The quantitative estimate of drug-likeness (QED) is 0.431. The Morgan fingerprint density at radius 3 is 2.48 bits per heavy atom. The molecule has 0 saturated heterocycles. The van der Waals surface area contributed by atoms with Gasteiger partial charge in [0.1, 0.15) is 17.2 Å². The highest BCUT2D eigenvalue weighted by Gasteiger charge is 2.11. The Hall–Kier alpha value is -4.40. The van der Waals surface area contributed by atoms with Crippen molar-refractivity contribution in [3.05, 3.63) is 83.0 Å². The van der Waals surface area contributed by atoms with Gasteiger partial charge in [-0.1, -0.05) is 12.1 Å². The minimum atomic E-state index is -0.312. The molecule has 0 aliphatic rings. The predicted octanol–water partition coefficient (Wildman–Crippen LogP) is 2.75. The SMILES string of the molecule is COc1ccc(-c2cc(=O)n(CCNC(=O)c3cc(-c4cccc(OC)c4)n[nH]3)cn2)cc1. The lowest BCUT2D eigenvalue weighted by Crippen LogP contribution is -2.31. The van der Waals surface area contributed by atoms with Crippen LogP contribution < -0.4 is 20.3 Å². The fraction of sp³-hybridized carbons (Fsp3) is 0.167. The molecule has 2 N–H and O–H groups in total. The van der Waals surface area contributed by atoms with Gasteiger partial charge in [0.25, 0.3) is 11.5 Å². The largest absolute Gasteiger partial charge is 0.497 e. The Morgan fingerprint density at radius 1 is 0.970 bits per heavy atom. The summed E-state index contributed by atoms with van der Waals surface area (Å²) in [5, 5.41) is 9.73. The summed E-state index contributed by atoms with van der Waals surface area (Å²) < 4.78 is 11.8. The first-order valence-corrected chi connectivity index (χ1v) is 10.3. The number of carbonyl (C=O) groups excluding carboxylic acids is 1. The molecular weight excluding hydrogens is 422 g/mol. The molecule has 4 aromatic rings. The van der Waals surface area contributed by atoms with Crippen molar-refractivity contribution in [2.45, 2.75) is 6.54 Å². The van der Waals surface area contributed by atoms with E-state index in [-0.39, 0.29) is 24.6 Å². The Kier molecular flexibility index (Phi) is 6.49. The number of hydrogen-bond acceptors (Lipinski definition) is 6. The van der Waals surface area contributed by atoms with Gasteiger partial charge in [0.15, 0.2) is 0 Å². The average molecular weight is 445 g/mol. The van der Waals surface area contributed by atoms with Gasteiger partial charge in [-0.3, -0.25) is 19.3 Å². The van der Waals surface area contributed by atoms with Crippen LogP contribution in [0.25, 0.3) is 22.5 Å². The minimum absolute atomic E-state index is 0.202. The second-order valence-corrected chi connectivity index (χ2v) is 7.19. The number of carbonyl (C=O) groups is 1.